The van der Waals surface area contributed by atoms with Crippen LogP contribution in [-0.2, 0) is 17.1 Å². The smallest absolute Gasteiger partial charge is 0.262 e. The van der Waals surface area contributed by atoms with Crippen LogP contribution in [0.3, 0.4) is 0 Å². The van der Waals surface area contributed by atoms with Crippen molar-refractivity contribution >= 4 is 27.5 Å². The lowest BCUT2D eigenvalue weighted by atomic mass is 9.76. The maximum Gasteiger partial charge on any atom is 0.262 e. The molecule has 1 aromatic heterocycles. The van der Waals surface area contributed by atoms with Crippen molar-refractivity contribution in [3.63, 3.8) is 0 Å². The Hall–Kier alpha value is -1.90. The van der Waals surface area contributed by atoms with Gasteiger partial charge in [0.15, 0.2) is 5.03 Å². The Morgan fingerprint density at radius 2 is 2.07 bits per heavy atom. The summed E-state index contributed by atoms with van der Waals surface area (Å²) in [5.74, 6) is 0.394. The Morgan fingerprint density at radius 1 is 1.34 bits per heavy atom. The van der Waals surface area contributed by atoms with Crippen LogP contribution in [0, 0.1) is 18.3 Å². The van der Waals surface area contributed by atoms with Gasteiger partial charge in [-0.1, -0.05) is 30.5 Å². The second kappa shape index (κ2) is 7.41. The van der Waals surface area contributed by atoms with Crippen molar-refractivity contribution < 1.29 is 13.2 Å². The SMILES string of the molecule is Cc1ccc(C(=O)NCC2(CC3CC3)CN(S(=O)(=O)c3cn(C)cn3)C2)c(Cl)c1. The van der Waals surface area contributed by atoms with E-state index in [4.69, 9.17) is 11.6 Å². The highest BCUT2D eigenvalue weighted by Gasteiger charge is 2.51. The normalized spacial score (nSPS) is 19.0. The molecule has 29 heavy (non-hydrogen) atoms. The summed E-state index contributed by atoms with van der Waals surface area (Å²) in [7, 11) is -1.86. The van der Waals surface area contributed by atoms with Gasteiger partial charge in [-0.05, 0) is 37.0 Å². The number of halogens is 1. The van der Waals surface area contributed by atoms with E-state index in [0.717, 1.165) is 12.0 Å². The Kier molecular flexibility index (Phi) is 5.21. The van der Waals surface area contributed by atoms with E-state index in [-0.39, 0.29) is 16.3 Å². The highest BCUT2D eigenvalue weighted by Crippen LogP contribution is 2.46. The number of carbonyl (C=O) groups is 1. The minimum atomic E-state index is -3.60. The summed E-state index contributed by atoms with van der Waals surface area (Å²) in [4.78, 5) is 16.6. The van der Waals surface area contributed by atoms with Gasteiger partial charge in [0.2, 0.25) is 0 Å². The highest BCUT2D eigenvalue weighted by atomic mass is 35.5. The third kappa shape index (κ3) is 4.20. The van der Waals surface area contributed by atoms with Gasteiger partial charge in [0.05, 0.1) is 16.9 Å². The number of nitrogens with one attached hydrogen (secondary N) is 1. The second-order valence-electron chi connectivity index (χ2n) is 8.46. The molecule has 7 nitrogen and oxygen atoms in total. The van der Waals surface area contributed by atoms with Crippen molar-refractivity contribution in [2.24, 2.45) is 18.4 Å². The predicted octanol–water partition coefficient (Wildman–Crippen LogP) is 2.60. The van der Waals surface area contributed by atoms with Crippen molar-refractivity contribution in [3.8, 4) is 0 Å². The third-order valence-corrected chi connectivity index (χ3v) is 7.71. The van der Waals surface area contributed by atoms with Crippen LogP contribution in [0.25, 0.3) is 0 Å². The molecule has 1 N–H and O–H groups in total. The third-order valence-electron chi connectivity index (χ3n) is 5.72. The van der Waals surface area contributed by atoms with Crippen LogP contribution in [-0.4, -0.2) is 47.8 Å². The van der Waals surface area contributed by atoms with Crippen LogP contribution in [0.1, 0.15) is 35.2 Å². The van der Waals surface area contributed by atoms with E-state index in [2.05, 4.69) is 10.3 Å². The Balaban J connectivity index is 1.44. The summed E-state index contributed by atoms with van der Waals surface area (Å²) in [5.41, 5.74) is 1.19. The molecule has 2 heterocycles. The average molecular weight is 437 g/mol. The van der Waals surface area contributed by atoms with E-state index < -0.39 is 10.0 Å². The number of nitrogens with zero attached hydrogens (tertiary/aromatic N) is 3. The molecule has 156 valence electrons. The van der Waals surface area contributed by atoms with Crippen molar-refractivity contribution in [2.75, 3.05) is 19.6 Å². The quantitative estimate of drug-likeness (QED) is 0.723. The Morgan fingerprint density at radius 3 is 2.66 bits per heavy atom. The second-order valence-corrected chi connectivity index (χ2v) is 10.8. The maximum atomic E-state index is 12.8. The van der Waals surface area contributed by atoms with E-state index >= 15 is 0 Å². The number of amides is 1. The van der Waals surface area contributed by atoms with Crippen LogP contribution in [0.5, 0.6) is 0 Å². The molecule has 1 amide bonds. The fraction of sp³-hybridized carbons (Fsp3) is 0.500. The minimum absolute atomic E-state index is 0.0653. The van der Waals surface area contributed by atoms with Crippen molar-refractivity contribution in [2.45, 2.75) is 31.2 Å². The zero-order valence-electron chi connectivity index (χ0n) is 16.6. The number of benzene rings is 1. The maximum absolute atomic E-state index is 12.8. The van der Waals surface area contributed by atoms with Gasteiger partial charge in [-0.15, -0.1) is 0 Å². The predicted molar refractivity (Wildman–Crippen MR) is 110 cm³/mol. The fourth-order valence-electron chi connectivity index (χ4n) is 3.94. The van der Waals surface area contributed by atoms with E-state index in [1.807, 2.05) is 13.0 Å². The molecule has 2 aliphatic rings. The molecule has 0 unspecified atom stereocenters. The van der Waals surface area contributed by atoms with E-state index in [0.29, 0.717) is 36.1 Å². The Bertz CT molecular complexity index is 1040. The number of hydrogen-bond acceptors (Lipinski definition) is 4. The van der Waals surface area contributed by atoms with E-state index in [1.165, 1.54) is 29.7 Å². The lowest BCUT2D eigenvalue weighted by Crippen LogP contribution is -2.62. The number of carbonyl (C=O) groups excluding carboxylic acids is 1. The molecule has 2 fully saturated rings. The molecule has 0 spiro atoms. The number of hydrogen-bond donors (Lipinski definition) is 1. The van der Waals surface area contributed by atoms with E-state index in [1.54, 1.807) is 23.7 Å². The summed E-state index contributed by atoms with van der Waals surface area (Å²) in [5, 5.41) is 3.47. The standard InChI is InChI=1S/C20H25ClN4O3S/c1-14-3-6-16(17(21)7-14)19(26)22-10-20(8-15-4-5-15)11-25(12-20)29(27,28)18-9-24(2)13-23-18/h3,6-7,9,13,15H,4-5,8,10-12H2,1-2H3,(H,22,26). The van der Waals surface area contributed by atoms with Gasteiger partial charge in [-0.2, -0.15) is 4.31 Å². The lowest BCUT2D eigenvalue weighted by molar-refractivity contribution is 0.0505. The summed E-state index contributed by atoms with van der Waals surface area (Å²) in [6.07, 6.45) is 6.26. The topological polar surface area (TPSA) is 84.3 Å². The van der Waals surface area contributed by atoms with Gasteiger partial charge in [0.1, 0.15) is 0 Å². The summed E-state index contributed by atoms with van der Waals surface area (Å²) in [6, 6.07) is 5.34. The van der Waals surface area contributed by atoms with Crippen LogP contribution >= 0.6 is 11.6 Å². The van der Waals surface area contributed by atoms with Gasteiger partial charge >= 0.3 is 0 Å². The molecule has 9 heteroatoms. The summed E-state index contributed by atoms with van der Waals surface area (Å²) < 4.78 is 28.7. The molecule has 1 saturated carbocycles. The van der Waals surface area contributed by atoms with Crippen LogP contribution < -0.4 is 5.32 Å². The first-order chi connectivity index (χ1) is 13.7. The fourth-order valence-corrected chi connectivity index (χ4v) is 5.89. The molecule has 1 saturated heterocycles. The molecule has 4 rings (SSSR count). The number of rotatable bonds is 7. The Labute approximate surface area is 176 Å². The highest BCUT2D eigenvalue weighted by molar-refractivity contribution is 7.89. The van der Waals surface area contributed by atoms with Crippen molar-refractivity contribution in [1.29, 1.82) is 0 Å². The first-order valence-corrected chi connectivity index (χ1v) is 11.5. The average Bonchev–Trinajstić information content (AvgIpc) is 3.33. The number of imidazole rings is 1. The molecular weight excluding hydrogens is 412 g/mol. The summed E-state index contributed by atoms with van der Waals surface area (Å²) >= 11 is 6.21. The summed E-state index contributed by atoms with van der Waals surface area (Å²) in [6.45, 7) is 3.14. The van der Waals surface area contributed by atoms with Crippen LogP contribution in [0.15, 0.2) is 35.7 Å². The molecule has 2 aromatic rings. The lowest BCUT2D eigenvalue weighted by Gasteiger charge is -2.49. The van der Waals surface area contributed by atoms with Gasteiger partial charge in [0, 0.05) is 38.3 Å². The van der Waals surface area contributed by atoms with Gasteiger partial charge in [0.25, 0.3) is 15.9 Å². The van der Waals surface area contributed by atoms with Gasteiger partial charge < -0.3 is 9.88 Å². The first kappa shape index (κ1) is 20.4. The molecule has 1 aliphatic carbocycles. The van der Waals surface area contributed by atoms with E-state index in [9.17, 15) is 13.2 Å². The molecular formula is C20H25ClN4O3S. The number of aromatic nitrogens is 2. The number of aryl methyl sites for hydroxylation is 2. The number of sulfonamides is 1. The van der Waals surface area contributed by atoms with Gasteiger partial charge in [-0.25, -0.2) is 13.4 Å². The molecule has 1 aromatic carbocycles. The van der Waals surface area contributed by atoms with Crippen LogP contribution in [0.4, 0.5) is 0 Å². The largest absolute Gasteiger partial charge is 0.351 e. The first-order valence-electron chi connectivity index (χ1n) is 9.71. The zero-order valence-corrected chi connectivity index (χ0v) is 18.1. The molecule has 0 bridgehead atoms. The monoisotopic (exact) mass is 436 g/mol. The molecule has 0 radical (unpaired) electrons. The zero-order chi connectivity index (χ0) is 20.8. The van der Waals surface area contributed by atoms with Crippen molar-refractivity contribution in [3.05, 3.63) is 46.9 Å². The van der Waals surface area contributed by atoms with Crippen LogP contribution in [0.2, 0.25) is 5.02 Å². The van der Waals surface area contributed by atoms with Gasteiger partial charge in [-0.3, -0.25) is 4.79 Å². The minimum Gasteiger partial charge on any atom is -0.351 e. The van der Waals surface area contributed by atoms with Crippen molar-refractivity contribution in [1.82, 2.24) is 19.2 Å². The molecule has 0 atom stereocenters. The molecule has 1 aliphatic heterocycles.